The minimum Gasteiger partial charge on any atom is -0.368 e. The number of hydrogen-bond acceptors (Lipinski definition) is 5. The van der Waals surface area contributed by atoms with E-state index in [2.05, 4.69) is 9.97 Å². The molecule has 2 N–H and O–H groups in total. The maximum Gasteiger partial charge on any atom is 0.227 e. The minimum absolute atomic E-state index is 0.0855. The van der Waals surface area contributed by atoms with Gasteiger partial charge in [0.2, 0.25) is 17.8 Å². The molecule has 0 radical (unpaired) electrons. The monoisotopic (exact) mass is 331 g/mol. The molecule has 24 heavy (non-hydrogen) atoms. The zero-order chi connectivity index (χ0) is 17.1. The van der Waals surface area contributed by atoms with Crippen LogP contribution in [0.25, 0.3) is 0 Å². The smallest absolute Gasteiger partial charge is 0.227 e. The van der Waals surface area contributed by atoms with Crippen molar-refractivity contribution in [2.75, 3.05) is 19.3 Å². The number of nitrogen functional groups attached to an aromatic ring is 1. The second kappa shape index (κ2) is 7.15. The molecule has 7 nitrogen and oxygen atoms in total. The molecule has 0 bridgehead atoms. The molecule has 3 rings (SSSR count). The first-order valence-corrected chi connectivity index (χ1v) is 8.65. The van der Waals surface area contributed by atoms with Crippen LogP contribution in [0.15, 0.2) is 12.4 Å². The Morgan fingerprint density at radius 3 is 2.62 bits per heavy atom. The van der Waals surface area contributed by atoms with Crippen LogP contribution >= 0.6 is 0 Å². The molecule has 2 aliphatic rings. The van der Waals surface area contributed by atoms with Gasteiger partial charge in [-0.25, -0.2) is 9.97 Å². The van der Waals surface area contributed by atoms with E-state index in [-0.39, 0.29) is 23.7 Å². The van der Waals surface area contributed by atoms with Crippen molar-refractivity contribution in [3.05, 3.63) is 18.0 Å². The average molecular weight is 331 g/mol. The Balaban J connectivity index is 1.60. The molecule has 0 aromatic carbocycles. The van der Waals surface area contributed by atoms with Gasteiger partial charge < -0.3 is 15.5 Å². The highest BCUT2D eigenvalue weighted by atomic mass is 16.2. The summed E-state index contributed by atoms with van der Waals surface area (Å²) in [6.45, 7) is 1.01. The van der Waals surface area contributed by atoms with E-state index in [1.165, 1.54) is 12.8 Å². The van der Waals surface area contributed by atoms with Gasteiger partial charge in [-0.2, -0.15) is 0 Å². The second-order valence-corrected chi connectivity index (χ2v) is 6.86. The van der Waals surface area contributed by atoms with Gasteiger partial charge >= 0.3 is 0 Å². The summed E-state index contributed by atoms with van der Waals surface area (Å²) in [5.74, 6) is 0.414. The van der Waals surface area contributed by atoms with Crippen molar-refractivity contribution in [1.29, 1.82) is 0 Å². The molecule has 2 heterocycles. The largest absolute Gasteiger partial charge is 0.368 e. The van der Waals surface area contributed by atoms with E-state index < -0.39 is 0 Å². The fraction of sp³-hybridized carbons (Fsp3) is 0.647. The van der Waals surface area contributed by atoms with Gasteiger partial charge in [-0.3, -0.25) is 9.59 Å². The molecule has 1 aromatic heterocycles. The number of piperidine rings is 1. The van der Waals surface area contributed by atoms with Gasteiger partial charge in [-0.15, -0.1) is 0 Å². The molecule has 2 amide bonds. The standard InChI is InChI=1S/C17H25N5O2/c1-21(10-12-8-19-17(18)20-9-12)16(24)13-6-7-15(23)22(11-13)14-4-2-3-5-14/h8-9,13-14H,2-7,10-11H2,1H3,(H2,18,19,20)/t13-/m1/s1. The summed E-state index contributed by atoms with van der Waals surface area (Å²) in [6, 6.07) is 0.337. The molecular formula is C17H25N5O2. The SMILES string of the molecule is CN(Cc1cnc(N)nc1)C(=O)[C@@H]1CCC(=O)N(C2CCCC2)C1. The fourth-order valence-corrected chi connectivity index (χ4v) is 3.75. The number of hydrogen-bond donors (Lipinski definition) is 1. The number of likely N-dealkylation sites (tertiary alicyclic amines) is 1. The van der Waals surface area contributed by atoms with Crippen molar-refractivity contribution in [3.8, 4) is 0 Å². The number of nitrogens with two attached hydrogens (primary N) is 1. The van der Waals surface area contributed by atoms with E-state index >= 15 is 0 Å². The second-order valence-electron chi connectivity index (χ2n) is 6.86. The highest BCUT2D eigenvalue weighted by Crippen LogP contribution is 2.29. The topological polar surface area (TPSA) is 92.4 Å². The molecule has 1 saturated carbocycles. The van der Waals surface area contributed by atoms with Crippen LogP contribution in [0.1, 0.15) is 44.1 Å². The first-order valence-electron chi connectivity index (χ1n) is 8.65. The maximum atomic E-state index is 12.8. The number of rotatable bonds is 4. The van der Waals surface area contributed by atoms with Crippen LogP contribution in [0.3, 0.4) is 0 Å². The Morgan fingerprint density at radius 1 is 1.29 bits per heavy atom. The Bertz CT molecular complexity index is 598. The first kappa shape index (κ1) is 16.7. The van der Waals surface area contributed by atoms with Crippen molar-refractivity contribution in [2.24, 2.45) is 5.92 Å². The number of nitrogens with zero attached hydrogens (tertiary/aromatic N) is 4. The van der Waals surface area contributed by atoms with Crippen LogP contribution in [0.4, 0.5) is 5.95 Å². The Kier molecular flexibility index (Phi) is 4.97. The number of carbonyl (C=O) groups is 2. The Morgan fingerprint density at radius 2 is 1.96 bits per heavy atom. The summed E-state index contributed by atoms with van der Waals surface area (Å²) in [5.41, 5.74) is 6.33. The number of anilines is 1. The molecular weight excluding hydrogens is 306 g/mol. The number of aromatic nitrogens is 2. The van der Waals surface area contributed by atoms with Gasteiger partial charge in [-0.1, -0.05) is 12.8 Å². The van der Waals surface area contributed by atoms with Crippen molar-refractivity contribution < 1.29 is 9.59 Å². The molecule has 2 fully saturated rings. The summed E-state index contributed by atoms with van der Waals surface area (Å²) in [6.07, 6.45) is 8.92. The van der Waals surface area contributed by atoms with Gasteiger partial charge in [0.15, 0.2) is 0 Å². The molecule has 130 valence electrons. The first-order chi connectivity index (χ1) is 11.5. The lowest BCUT2D eigenvalue weighted by atomic mass is 9.94. The van der Waals surface area contributed by atoms with Crippen LogP contribution in [0, 0.1) is 5.92 Å². The summed E-state index contributed by atoms with van der Waals surface area (Å²) in [5, 5.41) is 0. The zero-order valence-corrected chi connectivity index (χ0v) is 14.1. The molecule has 1 aliphatic heterocycles. The molecule has 1 atom stereocenters. The van der Waals surface area contributed by atoms with E-state index in [4.69, 9.17) is 5.73 Å². The number of carbonyl (C=O) groups excluding carboxylic acids is 2. The predicted molar refractivity (Wildman–Crippen MR) is 89.6 cm³/mol. The molecule has 0 unspecified atom stereocenters. The van der Waals surface area contributed by atoms with Gasteiger partial charge in [0.25, 0.3) is 0 Å². The van der Waals surface area contributed by atoms with E-state index in [1.54, 1.807) is 24.3 Å². The van der Waals surface area contributed by atoms with E-state index in [9.17, 15) is 9.59 Å². The highest BCUT2D eigenvalue weighted by Gasteiger charge is 2.36. The Labute approximate surface area is 142 Å². The van der Waals surface area contributed by atoms with Gasteiger partial charge in [-0.05, 0) is 19.3 Å². The Hall–Kier alpha value is -2.18. The maximum absolute atomic E-state index is 12.8. The van der Waals surface area contributed by atoms with Crippen molar-refractivity contribution in [3.63, 3.8) is 0 Å². The third-order valence-corrected chi connectivity index (χ3v) is 5.08. The van der Waals surface area contributed by atoms with Crippen molar-refractivity contribution in [2.45, 2.75) is 51.1 Å². The lowest BCUT2D eigenvalue weighted by molar-refractivity contribution is -0.144. The van der Waals surface area contributed by atoms with Crippen molar-refractivity contribution >= 4 is 17.8 Å². The summed E-state index contributed by atoms with van der Waals surface area (Å²) < 4.78 is 0. The predicted octanol–water partition coefficient (Wildman–Crippen LogP) is 1.20. The molecule has 0 spiro atoms. The summed E-state index contributed by atoms with van der Waals surface area (Å²) >= 11 is 0. The van der Waals surface area contributed by atoms with Crippen molar-refractivity contribution in [1.82, 2.24) is 19.8 Å². The summed E-state index contributed by atoms with van der Waals surface area (Å²) in [7, 11) is 1.79. The van der Waals surface area contributed by atoms with Crippen LogP contribution in [0.2, 0.25) is 0 Å². The third-order valence-electron chi connectivity index (χ3n) is 5.08. The van der Waals surface area contributed by atoms with Gasteiger partial charge in [0, 0.05) is 50.6 Å². The summed E-state index contributed by atoms with van der Waals surface area (Å²) in [4.78, 5) is 36.5. The molecule has 1 aromatic rings. The lowest BCUT2D eigenvalue weighted by Crippen LogP contribution is -2.49. The minimum atomic E-state index is -0.108. The highest BCUT2D eigenvalue weighted by molar-refractivity contribution is 5.84. The van der Waals surface area contributed by atoms with Crippen LogP contribution < -0.4 is 5.73 Å². The van der Waals surface area contributed by atoms with E-state index in [0.717, 1.165) is 18.4 Å². The van der Waals surface area contributed by atoms with Gasteiger partial charge in [0.05, 0.1) is 5.92 Å². The van der Waals surface area contributed by atoms with E-state index in [1.807, 2.05) is 4.90 Å². The normalized spacial score (nSPS) is 22.0. The quantitative estimate of drug-likeness (QED) is 0.895. The molecule has 1 saturated heterocycles. The van der Waals surface area contributed by atoms with Crippen LogP contribution in [-0.4, -0.2) is 51.2 Å². The van der Waals surface area contributed by atoms with Gasteiger partial charge in [0.1, 0.15) is 0 Å². The average Bonchev–Trinajstić information content (AvgIpc) is 3.11. The lowest BCUT2D eigenvalue weighted by Gasteiger charge is -2.37. The van der Waals surface area contributed by atoms with E-state index in [0.29, 0.717) is 32.0 Å². The van der Waals surface area contributed by atoms with Crippen LogP contribution in [0.5, 0.6) is 0 Å². The molecule has 7 heteroatoms. The van der Waals surface area contributed by atoms with Crippen LogP contribution in [-0.2, 0) is 16.1 Å². The fourth-order valence-electron chi connectivity index (χ4n) is 3.75. The third kappa shape index (κ3) is 3.66. The number of amides is 2. The zero-order valence-electron chi connectivity index (χ0n) is 14.1. The molecule has 1 aliphatic carbocycles.